The quantitative estimate of drug-likeness (QED) is 0.0553. The lowest BCUT2D eigenvalue weighted by Crippen LogP contribution is -2.03. The molecule has 0 fully saturated rings. The van der Waals surface area contributed by atoms with Crippen LogP contribution in [0.1, 0.15) is 44.7 Å². The summed E-state index contributed by atoms with van der Waals surface area (Å²) in [6.45, 7) is 1.01. The SMILES string of the molecule is COc1cc(/C=C/C(=O)c2ccc(OCCCCOc3ccc(C(=O)/C=C/c4cc(OC)c(OC)c(OC)c4)cc3)cc2)cc(OC)c1OC. The van der Waals surface area contributed by atoms with Crippen molar-refractivity contribution in [1.29, 1.82) is 0 Å². The average molecular weight is 683 g/mol. The van der Waals surface area contributed by atoms with Gasteiger partial charge in [-0.3, -0.25) is 9.59 Å². The molecule has 0 spiro atoms. The highest BCUT2D eigenvalue weighted by Crippen LogP contribution is 2.39. The van der Waals surface area contributed by atoms with Crippen molar-refractivity contribution >= 4 is 23.7 Å². The van der Waals surface area contributed by atoms with E-state index in [1.165, 1.54) is 26.4 Å². The maximum Gasteiger partial charge on any atom is 0.203 e. The Bertz CT molecular complexity index is 1610. The summed E-state index contributed by atoms with van der Waals surface area (Å²) in [7, 11) is 9.25. The number of ketones is 2. The van der Waals surface area contributed by atoms with E-state index in [-0.39, 0.29) is 11.6 Å². The van der Waals surface area contributed by atoms with Crippen molar-refractivity contribution < 1.29 is 47.5 Å². The summed E-state index contributed by atoms with van der Waals surface area (Å²) >= 11 is 0. The van der Waals surface area contributed by atoms with Gasteiger partial charge in [0.1, 0.15) is 11.5 Å². The van der Waals surface area contributed by atoms with Crippen molar-refractivity contribution in [2.45, 2.75) is 12.8 Å². The molecule has 0 N–H and O–H groups in total. The third-order valence-corrected chi connectivity index (χ3v) is 7.58. The second kappa shape index (κ2) is 18.6. The molecule has 10 nitrogen and oxygen atoms in total. The second-order valence-corrected chi connectivity index (χ2v) is 10.8. The van der Waals surface area contributed by atoms with E-state index in [0.717, 1.165) is 24.0 Å². The number of carbonyl (C=O) groups excluding carboxylic acids is 2. The first-order chi connectivity index (χ1) is 24.3. The number of carbonyl (C=O) groups is 2. The Labute approximate surface area is 292 Å². The number of ether oxygens (including phenoxy) is 8. The van der Waals surface area contributed by atoms with Gasteiger partial charge in [-0.05, 0) is 109 Å². The highest BCUT2D eigenvalue weighted by Gasteiger charge is 2.14. The Morgan fingerprint density at radius 2 is 0.800 bits per heavy atom. The number of unbranched alkanes of at least 4 members (excludes halogenated alkanes) is 1. The van der Waals surface area contributed by atoms with Gasteiger partial charge in [0.25, 0.3) is 0 Å². The molecule has 0 saturated carbocycles. The normalized spacial score (nSPS) is 10.9. The van der Waals surface area contributed by atoms with Crippen LogP contribution >= 0.6 is 0 Å². The Morgan fingerprint density at radius 1 is 0.480 bits per heavy atom. The molecule has 0 aliphatic carbocycles. The van der Waals surface area contributed by atoms with Gasteiger partial charge in [-0.2, -0.15) is 0 Å². The minimum Gasteiger partial charge on any atom is -0.494 e. The molecule has 4 rings (SSSR count). The van der Waals surface area contributed by atoms with Gasteiger partial charge in [0.05, 0.1) is 55.9 Å². The van der Waals surface area contributed by atoms with Crippen LogP contribution in [0.25, 0.3) is 12.2 Å². The van der Waals surface area contributed by atoms with Crippen molar-refractivity contribution in [2.24, 2.45) is 0 Å². The van der Waals surface area contributed by atoms with Gasteiger partial charge in [-0.15, -0.1) is 0 Å². The van der Waals surface area contributed by atoms with E-state index >= 15 is 0 Å². The number of hydrogen-bond acceptors (Lipinski definition) is 10. The Kier molecular flexibility index (Phi) is 13.7. The number of methoxy groups -OCH3 is 6. The van der Waals surface area contributed by atoms with E-state index in [1.807, 2.05) is 0 Å². The van der Waals surface area contributed by atoms with Crippen LogP contribution in [-0.2, 0) is 0 Å². The van der Waals surface area contributed by atoms with Crippen molar-refractivity contribution in [3.8, 4) is 46.0 Å². The summed E-state index contributed by atoms with van der Waals surface area (Å²) in [5.41, 5.74) is 2.55. The molecule has 4 aromatic rings. The van der Waals surface area contributed by atoms with Crippen LogP contribution in [0.3, 0.4) is 0 Å². The molecular weight excluding hydrogens is 640 g/mol. The number of allylic oxidation sites excluding steroid dienone is 2. The van der Waals surface area contributed by atoms with Crippen LogP contribution in [-0.4, -0.2) is 67.4 Å². The van der Waals surface area contributed by atoms with Crippen molar-refractivity contribution in [3.63, 3.8) is 0 Å². The maximum absolute atomic E-state index is 12.7. The van der Waals surface area contributed by atoms with Crippen LogP contribution in [0.2, 0.25) is 0 Å². The molecule has 0 aliphatic rings. The lowest BCUT2D eigenvalue weighted by Gasteiger charge is -2.12. The highest BCUT2D eigenvalue weighted by atomic mass is 16.5. The molecule has 0 unspecified atom stereocenters. The van der Waals surface area contributed by atoms with E-state index < -0.39 is 0 Å². The van der Waals surface area contributed by atoms with Gasteiger partial charge in [0.15, 0.2) is 34.6 Å². The summed E-state index contributed by atoms with van der Waals surface area (Å²) < 4.78 is 43.9. The van der Waals surface area contributed by atoms with Gasteiger partial charge in [-0.25, -0.2) is 0 Å². The van der Waals surface area contributed by atoms with Gasteiger partial charge in [0.2, 0.25) is 11.5 Å². The molecule has 50 heavy (non-hydrogen) atoms. The number of benzene rings is 4. The van der Waals surface area contributed by atoms with Crippen molar-refractivity contribution in [1.82, 2.24) is 0 Å². The lowest BCUT2D eigenvalue weighted by molar-refractivity contribution is 0.103. The predicted molar refractivity (Wildman–Crippen MR) is 192 cm³/mol. The number of hydrogen-bond donors (Lipinski definition) is 0. The Hall–Kier alpha value is -5.90. The summed E-state index contributed by atoms with van der Waals surface area (Å²) in [6, 6.07) is 21.1. The van der Waals surface area contributed by atoms with Crippen LogP contribution in [0.4, 0.5) is 0 Å². The van der Waals surface area contributed by atoms with E-state index in [1.54, 1.807) is 113 Å². The van der Waals surface area contributed by atoms with E-state index in [9.17, 15) is 9.59 Å². The summed E-state index contributed by atoms with van der Waals surface area (Å²) in [5, 5.41) is 0. The van der Waals surface area contributed by atoms with Gasteiger partial charge >= 0.3 is 0 Å². The fraction of sp³-hybridized carbons (Fsp3) is 0.250. The zero-order chi connectivity index (χ0) is 35.9. The highest BCUT2D eigenvalue weighted by molar-refractivity contribution is 6.07. The minimum atomic E-state index is -0.146. The molecule has 0 aliphatic heterocycles. The van der Waals surface area contributed by atoms with Crippen LogP contribution < -0.4 is 37.9 Å². The first kappa shape index (κ1) is 36.9. The van der Waals surface area contributed by atoms with Crippen molar-refractivity contribution in [3.05, 3.63) is 107 Å². The van der Waals surface area contributed by atoms with E-state index in [0.29, 0.717) is 70.3 Å². The van der Waals surface area contributed by atoms with Gasteiger partial charge in [-0.1, -0.05) is 12.2 Å². The molecule has 0 bridgehead atoms. The molecule has 0 amide bonds. The molecule has 4 aromatic carbocycles. The third kappa shape index (κ3) is 9.82. The molecule has 0 atom stereocenters. The molecule has 10 heteroatoms. The summed E-state index contributed by atoms with van der Waals surface area (Å²) in [5.74, 6) is 4.07. The maximum atomic E-state index is 12.7. The summed E-state index contributed by atoms with van der Waals surface area (Å²) in [6.07, 6.45) is 7.95. The van der Waals surface area contributed by atoms with Gasteiger partial charge < -0.3 is 37.9 Å². The van der Waals surface area contributed by atoms with E-state index in [4.69, 9.17) is 37.9 Å². The summed E-state index contributed by atoms with van der Waals surface area (Å²) in [4.78, 5) is 25.5. The topological polar surface area (TPSA) is 108 Å². The predicted octanol–water partition coefficient (Wildman–Crippen LogP) is 7.77. The lowest BCUT2D eigenvalue weighted by atomic mass is 10.1. The van der Waals surface area contributed by atoms with Crippen LogP contribution in [0.15, 0.2) is 84.9 Å². The van der Waals surface area contributed by atoms with Crippen LogP contribution in [0.5, 0.6) is 46.0 Å². The molecule has 0 heterocycles. The molecule has 262 valence electrons. The first-order valence-corrected chi connectivity index (χ1v) is 15.8. The first-order valence-electron chi connectivity index (χ1n) is 15.8. The van der Waals surface area contributed by atoms with Crippen molar-refractivity contribution in [2.75, 3.05) is 55.9 Å². The van der Waals surface area contributed by atoms with Crippen LogP contribution in [0, 0.1) is 0 Å². The zero-order valence-electron chi connectivity index (χ0n) is 29.1. The molecule has 0 saturated heterocycles. The minimum absolute atomic E-state index is 0.146. The average Bonchev–Trinajstić information content (AvgIpc) is 3.16. The smallest absolute Gasteiger partial charge is 0.203 e. The monoisotopic (exact) mass is 682 g/mol. The Balaban J connectivity index is 1.18. The Morgan fingerprint density at radius 3 is 1.08 bits per heavy atom. The fourth-order valence-corrected chi connectivity index (χ4v) is 4.95. The van der Waals surface area contributed by atoms with Gasteiger partial charge in [0, 0.05) is 11.1 Å². The number of rotatable bonds is 19. The zero-order valence-corrected chi connectivity index (χ0v) is 29.1. The van der Waals surface area contributed by atoms with E-state index in [2.05, 4.69) is 0 Å². The largest absolute Gasteiger partial charge is 0.494 e. The second-order valence-electron chi connectivity index (χ2n) is 10.8. The molecule has 0 radical (unpaired) electrons. The fourth-order valence-electron chi connectivity index (χ4n) is 4.95. The molecule has 0 aromatic heterocycles. The molecular formula is C40H42O10. The standard InChI is InChI=1S/C40H42O10/c1-43-35-23-27(24-36(44-2)39(35)47-5)9-19-33(41)29-11-15-31(16-12-29)49-21-7-8-22-50-32-17-13-30(14-18-32)34(42)20-10-28-25-37(45-3)40(48-6)38(26-28)46-4/h9-20,23-26H,7-8,21-22H2,1-6H3/b19-9+,20-10+. The third-order valence-electron chi connectivity index (χ3n) is 7.58.